The highest BCUT2D eigenvalue weighted by Crippen LogP contribution is 2.27. The second kappa shape index (κ2) is 5.65. The van der Waals surface area contributed by atoms with Crippen molar-refractivity contribution in [1.82, 2.24) is 5.16 Å². The van der Waals surface area contributed by atoms with Crippen LogP contribution in [0.5, 0.6) is 0 Å². The van der Waals surface area contributed by atoms with Crippen LogP contribution in [0.15, 0.2) is 28.8 Å². The molecule has 1 heterocycles. The number of aryl methyl sites for hydroxylation is 1. The maximum Gasteiger partial charge on any atom is 0.269 e. The molecule has 1 aromatic heterocycles. The summed E-state index contributed by atoms with van der Waals surface area (Å²) >= 11 is 0. The van der Waals surface area contributed by atoms with E-state index in [-0.39, 0.29) is 5.69 Å². The number of benzene rings is 1. The van der Waals surface area contributed by atoms with Crippen LogP contribution in [0.25, 0.3) is 11.3 Å². The topological polar surface area (TPSA) is 69.2 Å². The van der Waals surface area contributed by atoms with Crippen molar-refractivity contribution in [3.05, 3.63) is 45.7 Å². The fraction of sp³-hybridized carbons (Fsp3) is 0.357. The van der Waals surface area contributed by atoms with Gasteiger partial charge in [-0.3, -0.25) is 10.1 Å². The molecule has 0 N–H and O–H groups in total. The average molecular weight is 260 g/mol. The molecule has 0 amide bonds. The van der Waals surface area contributed by atoms with Gasteiger partial charge >= 0.3 is 0 Å². The number of rotatable bonds is 5. The summed E-state index contributed by atoms with van der Waals surface area (Å²) in [4.78, 5) is 10.2. The van der Waals surface area contributed by atoms with Gasteiger partial charge in [0.25, 0.3) is 5.69 Å². The van der Waals surface area contributed by atoms with Crippen LogP contribution in [0, 0.1) is 17.0 Å². The highest BCUT2D eigenvalue weighted by molar-refractivity contribution is 5.64. The lowest BCUT2D eigenvalue weighted by molar-refractivity contribution is -0.384. The molecule has 2 aromatic rings. The number of hydrogen-bond acceptors (Lipinski definition) is 4. The van der Waals surface area contributed by atoms with Crippen molar-refractivity contribution >= 4 is 5.69 Å². The number of unbranched alkanes of at least 4 members (excludes halogenated alkanes) is 1. The molecule has 0 bridgehead atoms. The monoisotopic (exact) mass is 260 g/mol. The Hall–Kier alpha value is -2.17. The lowest BCUT2D eigenvalue weighted by atomic mass is 10.0. The number of nitro benzene ring substituents is 1. The Morgan fingerprint density at radius 2 is 2.00 bits per heavy atom. The molecule has 100 valence electrons. The summed E-state index contributed by atoms with van der Waals surface area (Å²) in [5, 5.41) is 14.7. The zero-order valence-corrected chi connectivity index (χ0v) is 11.0. The Morgan fingerprint density at radius 3 is 2.58 bits per heavy atom. The molecule has 0 aliphatic rings. The predicted molar refractivity (Wildman–Crippen MR) is 71.9 cm³/mol. The molecule has 0 saturated heterocycles. The maximum atomic E-state index is 10.6. The minimum absolute atomic E-state index is 0.0797. The summed E-state index contributed by atoms with van der Waals surface area (Å²) in [6, 6.07) is 6.36. The van der Waals surface area contributed by atoms with Crippen molar-refractivity contribution in [2.24, 2.45) is 0 Å². The van der Waals surface area contributed by atoms with E-state index in [2.05, 4.69) is 12.1 Å². The van der Waals surface area contributed by atoms with Gasteiger partial charge in [0, 0.05) is 29.7 Å². The molecule has 0 fully saturated rings. The van der Waals surface area contributed by atoms with E-state index >= 15 is 0 Å². The maximum absolute atomic E-state index is 10.6. The summed E-state index contributed by atoms with van der Waals surface area (Å²) in [6.07, 6.45) is 3.05. The first-order valence-electron chi connectivity index (χ1n) is 6.33. The van der Waals surface area contributed by atoms with E-state index in [0.717, 1.165) is 41.8 Å². The average Bonchev–Trinajstić information content (AvgIpc) is 2.78. The molecule has 0 saturated carbocycles. The van der Waals surface area contributed by atoms with Crippen LogP contribution in [0.1, 0.15) is 31.1 Å². The van der Waals surface area contributed by atoms with Crippen LogP contribution >= 0.6 is 0 Å². The van der Waals surface area contributed by atoms with Crippen molar-refractivity contribution < 1.29 is 9.45 Å². The van der Waals surface area contributed by atoms with Gasteiger partial charge in [-0.05, 0) is 25.5 Å². The normalized spacial score (nSPS) is 10.6. The lowest BCUT2D eigenvalue weighted by Crippen LogP contribution is -1.88. The molecular weight excluding hydrogens is 244 g/mol. The van der Waals surface area contributed by atoms with Crippen LogP contribution in [-0.4, -0.2) is 10.1 Å². The van der Waals surface area contributed by atoms with Crippen molar-refractivity contribution in [2.45, 2.75) is 33.1 Å². The second-order valence-electron chi connectivity index (χ2n) is 4.49. The number of hydrogen-bond donors (Lipinski definition) is 0. The fourth-order valence-electron chi connectivity index (χ4n) is 1.95. The minimum atomic E-state index is -0.411. The standard InChI is InChI=1S/C14H16N2O3/c1-3-4-5-13-10(2)14(15-19-13)11-6-8-12(9-7-11)16(17)18/h6-9H,3-5H2,1-2H3. The molecule has 0 aliphatic carbocycles. The molecule has 2 rings (SSSR count). The number of nitro groups is 1. The quantitative estimate of drug-likeness (QED) is 0.603. The number of non-ortho nitro benzene ring substituents is 1. The van der Waals surface area contributed by atoms with Crippen molar-refractivity contribution in [3.63, 3.8) is 0 Å². The van der Waals surface area contributed by atoms with E-state index in [1.54, 1.807) is 12.1 Å². The Bertz CT molecular complexity index is 573. The van der Waals surface area contributed by atoms with Crippen LogP contribution in [0.2, 0.25) is 0 Å². The molecule has 19 heavy (non-hydrogen) atoms. The second-order valence-corrected chi connectivity index (χ2v) is 4.49. The highest BCUT2D eigenvalue weighted by atomic mass is 16.6. The molecule has 0 radical (unpaired) electrons. The summed E-state index contributed by atoms with van der Waals surface area (Å²) < 4.78 is 5.35. The molecule has 1 aromatic carbocycles. The smallest absolute Gasteiger partial charge is 0.269 e. The summed E-state index contributed by atoms with van der Waals surface area (Å²) in [5.74, 6) is 0.898. The molecule has 0 atom stereocenters. The Kier molecular flexibility index (Phi) is 3.94. The van der Waals surface area contributed by atoms with E-state index in [1.165, 1.54) is 12.1 Å². The lowest BCUT2D eigenvalue weighted by Gasteiger charge is -1.98. The molecule has 0 unspecified atom stereocenters. The van der Waals surface area contributed by atoms with Gasteiger partial charge in [0.15, 0.2) is 0 Å². The Labute approximate surface area is 111 Å². The van der Waals surface area contributed by atoms with Gasteiger partial charge < -0.3 is 4.52 Å². The molecule has 5 nitrogen and oxygen atoms in total. The third-order valence-electron chi connectivity index (χ3n) is 3.13. The Morgan fingerprint density at radius 1 is 1.32 bits per heavy atom. The molecular formula is C14H16N2O3. The largest absolute Gasteiger partial charge is 0.360 e. The Balaban J connectivity index is 2.26. The van der Waals surface area contributed by atoms with Crippen LogP contribution in [0.4, 0.5) is 5.69 Å². The third-order valence-corrected chi connectivity index (χ3v) is 3.13. The minimum Gasteiger partial charge on any atom is -0.360 e. The van der Waals surface area contributed by atoms with Gasteiger partial charge in [-0.25, -0.2) is 0 Å². The summed E-state index contributed by atoms with van der Waals surface area (Å²) in [7, 11) is 0. The van der Waals surface area contributed by atoms with Crippen LogP contribution < -0.4 is 0 Å². The van der Waals surface area contributed by atoms with Gasteiger partial charge in [-0.15, -0.1) is 0 Å². The first-order chi connectivity index (χ1) is 9.13. The van der Waals surface area contributed by atoms with Crippen molar-refractivity contribution in [2.75, 3.05) is 0 Å². The SMILES string of the molecule is CCCCc1onc(-c2ccc([N+](=O)[O-])cc2)c1C. The van der Waals surface area contributed by atoms with E-state index < -0.39 is 4.92 Å². The van der Waals surface area contributed by atoms with Gasteiger partial charge in [0.1, 0.15) is 11.5 Å². The molecule has 0 aliphatic heterocycles. The van der Waals surface area contributed by atoms with Crippen molar-refractivity contribution in [1.29, 1.82) is 0 Å². The van der Waals surface area contributed by atoms with Gasteiger partial charge in [-0.2, -0.15) is 0 Å². The van der Waals surface area contributed by atoms with E-state index in [9.17, 15) is 10.1 Å². The van der Waals surface area contributed by atoms with E-state index in [0.29, 0.717) is 0 Å². The summed E-state index contributed by atoms with van der Waals surface area (Å²) in [5.41, 5.74) is 2.70. The zero-order chi connectivity index (χ0) is 13.8. The number of aromatic nitrogens is 1. The van der Waals surface area contributed by atoms with E-state index in [1.807, 2.05) is 6.92 Å². The molecule has 0 spiro atoms. The van der Waals surface area contributed by atoms with Crippen LogP contribution in [0.3, 0.4) is 0 Å². The van der Waals surface area contributed by atoms with Crippen molar-refractivity contribution in [3.8, 4) is 11.3 Å². The zero-order valence-electron chi connectivity index (χ0n) is 11.0. The highest BCUT2D eigenvalue weighted by Gasteiger charge is 2.14. The van der Waals surface area contributed by atoms with Gasteiger partial charge in [0.05, 0.1) is 4.92 Å². The molecule has 5 heteroatoms. The van der Waals surface area contributed by atoms with E-state index in [4.69, 9.17) is 4.52 Å². The predicted octanol–water partition coefficient (Wildman–Crippen LogP) is 3.90. The number of nitrogens with zero attached hydrogens (tertiary/aromatic N) is 2. The first-order valence-corrected chi connectivity index (χ1v) is 6.33. The first kappa shape index (κ1) is 13.3. The van der Waals surface area contributed by atoms with Gasteiger partial charge in [0.2, 0.25) is 0 Å². The fourth-order valence-corrected chi connectivity index (χ4v) is 1.95. The van der Waals surface area contributed by atoms with Crippen LogP contribution in [-0.2, 0) is 6.42 Å². The third kappa shape index (κ3) is 2.81. The summed E-state index contributed by atoms with van der Waals surface area (Å²) in [6.45, 7) is 4.10. The van der Waals surface area contributed by atoms with Gasteiger partial charge in [-0.1, -0.05) is 18.5 Å².